The van der Waals surface area contributed by atoms with Crippen molar-refractivity contribution in [1.82, 2.24) is 15.3 Å². The number of carbonyl (C=O) groups is 1. The molecule has 9 heteroatoms. The maximum absolute atomic E-state index is 13.1. The van der Waals surface area contributed by atoms with Crippen LogP contribution in [0.25, 0.3) is 0 Å². The first kappa shape index (κ1) is 19.7. The van der Waals surface area contributed by atoms with E-state index in [1.807, 2.05) is 6.07 Å². The summed E-state index contributed by atoms with van der Waals surface area (Å²) in [5.41, 5.74) is 4.65. The van der Waals surface area contributed by atoms with E-state index < -0.39 is 0 Å². The van der Waals surface area contributed by atoms with Crippen molar-refractivity contribution in [3.63, 3.8) is 0 Å². The molecule has 3 N–H and O–H groups in total. The van der Waals surface area contributed by atoms with Gasteiger partial charge in [0, 0.05) is 24.0 Å². The Labute approximate surface area is 183 Å². The molecule has 0 atom stereocenters. The van der Waals surface area contributed by atoms with E-state index in [0.717, 1.165) is 25.2 Å². The number of carbonyl (C=O) groups excluding carboxylic acids is 1. The molecular formula is C22H20ClN5O3. The van der Waals surface area contributed by atoms with Crippen LogP contribution >= 0.6 is 11.6 Å². The van der Waals surface area contributed by atoms with Gasteiger partial charge in [-0.2, -0.15) is 4.98 Å². The van der Waals surface area contributed by atoms with Crippen LogP contribution in [-0.2, 0) is 19.6 Å². The van der Waals surface area contributed by atoms with Crippen LogP contribution in [-0.4, -0.2) is 34.3 Å². The van der Waals surface area contributed by atoms with Gasteiger partial charge in [0.25, 0.3) is 5.91 Å². The van der Waals surface area contributed by atoms with Crippen molar-refractivity contribution in [3.05, 3.63) is 69.9 Å². The number of fused-ring (bicyclic) bond motifs is 2. The average Bonchev–Trinajstić information content (AvgIpc) is 2.79. The second-order valence-electron chi connectivity index (χ2n) is 7.36. The standard InChI is InChI=1S/C22H20ClN5O3/c23-18-3-1-2-14(11-29)19(18)28-12-31-20-17(21(28)30)10-25-22(27-20)26-16-5-4-13-6-7-24-9-15(13)8-16/h1-5,8,10,24,29H,6-7,9,11-12H2,(H,25,26,27). The number of hydrogen-bond donors (Lipinski definition) is 3. The van der Waals surface area contributed by atoms with Gasteiger partial charge in [-0.15, -0.1) is 0 Å². The lowest BCUT2D eigenvalue weighted by Gasteiger charge is -2.30. The summed E-state index contributed by atoms with van der Waals surface area (Å²) in [5.74, 6) is 0.212. The number of aromatic nitrogens is 2. The number of aliphatic hydroxyl groups is 1. The van der Waals surface area contributed by atoms with Crippen molar-refractivity contribution in [2.45, 2.75) is 19.6 Å². The average molecular weight is 438 g/mol. The highest BCUT2D eigenvalue weighted by Gasteiger charge is 2.31. The minimum Gasteiger partial charge on any atom is -0.455 e. The monoisotopic (exact) mass is 437 g/mol. The molecule has 8 nitrogen and oxygen atoms in total. The lowest BCUT2D eigenvalue weighted by atomic mass is 10.0. The van der Waals surface area contributed by atoms with E-state index in [1.54, 1.807) is 18.2 Å². The number of benzene rings is 2. The van der Waals surface area contributed by atoms with Gasteiger partial charge in [-0.05, 0) is 42.3 Å². The van der Waals surface area contributed by atoms with Crippen molar-refractivity contribution in [2.75, 3.05) is 23.5 Å². The van der Waals surface area contributed by atoms with Gasteiger partial charge in [-0.25, -0.2) is 4.98 Å². The predicted molar refractivity (Wildman–Crippen MR) is 117 cm³/mol. The van der Waals surface area contributed by atoms with Crippen LogP contribution in [0.3, 0.4) is 0 Å². The Morgan fingerprint density at radius 1 is 1.26 bits per heavy atom. The van der Waals surface area contributed by atoms with Crippen LogP contribution in [0.4, 0.5) is 17.3 Å². The molecule has 3 heterocycles. The van der Waals surface area contributed by atoms with E-state index in [-0.39, 0.29) is 30.7 Å². The summed E-state index contributed by atoms with van der Waals surface area (Å²) in [5, 5.41) is 16.5. The molecule has 0 spiro atoms. The van der Waals surface area contributed by atoms with Crippen molar-refractivity contribution in [3.8, 4) is 5.88 Å². The number of aliphatic hydroxyl groups excluding tert-OH is 1. The predicted octanol–water partition coefficient (Wildman–Crippen LogP) is 3.01. The number of ether oxygens (including phenoxy) is 1. The molecule has 158 valence electrons. The number of para-hydroxylation sites is 1. The molecule has 0 radical (unpaired) electrons. The zero-order valence-corrected chi connectivity index (χ0v) is 17.3. The number of amides is 1. The summed E-state index contributed by atoms with van der Waals surface area (Å²) in [4.78, 5) is 23.1. The van der Waals surface area contributed by atoms with E-state index in [0.29, 0.717) is 22.2 Å². The molecule has 2 aliphatic heterocycles. The topological polar surface area (TPSA) is 99.6 Å². The molecule has 5 rings (SSSR count). The highest BCUT2D eigenvalue weighted by molar-refractivity contribution is 6.34. The maximum Gasteiger partial charge on any atom is 0.268 e. The molecule has 0 fully saturated rings. The number of anilines is 3. The Morgan fingerprint density at radius 2 is 2.16 bits per heavy atom. The molecule has 1 amide bonds. The number of rotatable bonds is 4. The Hall–Kier alpha value is -3.20. The minimum atomic E-state index is -0.338. The van der Waals surface area contributed by atoms with Crippen LogP contribution in [0, 0.1) is 0 Å². The number of nitrogens with one attached hydrogen (secondary N) is 2. The van der Waals surface area contributed by atoms with Gasteiger partial charge in [0.1, 0.15) is 5.56 Å². The fourth-order valence-electron chi connectivity index (χ4n) is 3.86. The van der Waals surface area contributed by atoms with Crippen molar-refractivity contribution < 1.29 is 14.6 Å². The van der Waals surface area contributed by atoms with Crippen molar-refractivity contribution in [2.24, 2.45) is 0 Å². The number of hydrogen-bond acceptors (Lipinski definition) is 7. The lowest BCUT2D eigenvalue weighted by Crippen LogP contribution is -2.40. The fourth-order valence-corrected chi connectivity index (χ4v) is 4.15. The second kappa shape index (κ2) is 8.14. The Balaban J connectivity index is 1.40. The smallest absolute Gasteiger partial charge is 0.268 e. The first-order chi connectivity index (χ1) is 15.1. The van der Waals surface area contributed by atoms with Crippen molar-refractivity contribution >= 4 is 34.8 Å². The molecule has 1 aromatic heterocycles. The molecule has 0 unspecified atom stereocenters. The van der Waals surface area contributed by atoms with Gasteiger partial charge < -0.3 is 20.5 Å². The molecule has 2 aromatic carbocycles. The van der Waals surface area contributed by atoms with Crippen molar-refractivity contribution in [1.29, 1.82) is 0 Å². The van der Waals surface area contributed by atoms with Gasteiger partial charge in [-0.3, -0.25) is 9.69 Å². The quantitative estimate of drug-likeness (QED) is 0.577. The Morgan fingerprint density at radius 3 is 3.03 bits per heavy atom. The van der Waals surface area contributed by atoms with E-state index in [1.165, 1.54) is 22.2 Å². The van der Waals surface area contributed by atoms with Gasteiger partial charge in [0.15, 0.2) is 6.73 Å². The first-order valence-electron chi connectivity index (χ1n) is 9.93. The number of nitrogens with zero attached hydrogens (tertiary/aromatic N) is 3. The first-order valence-corrected chi connectivity index (χ1v) is 10.3. The normalized spacial score (nSPS) is 15.2. The summed E-state index contributed by atoms with van der Waals surface area (Å²) in [6.07, 6.45) is 2.45. The molecule has 0 saturated carbocycles. The second-order valence-corrected chi connectivity index (χ2v) is 7.77. The van der Waals surface area contributed by atoms with Gasteiger partial charge in [0.2, 0.25) is 11.8 Å². The molecule has 0 bridgehead atoms. The third kappa shape index (κ3) is 3.69. The lowest BCUT2D eigenvalue weighted by molar-refractivity contribution is 0.0932. The molecule has 3 aromatic rings. The third-order valence-electron chi connectivity index (χ3n) is 5.42. The maximum atomic E-state index is 13.1. The van der Waals surface area contributed by atoms with Gasteiger partial charge in [0.05, 0.1) is 17.3 Å². The van der Waals surface area contributed by atoms with E-state index in [9.17, 15) is 9.90 Å². The summed E-state index contributed by atoms with van der Waals surface area (Å²) in [6.45, 7) is 1.51. The molecule has 2 aliphatic rings. The zero-order chi connectivity index (χ0) is 21.4. The summed E-state index contributed by atoms with van der Waals surface area (Å²) < 4.78 is 5.75. The number of halogens is 1. The molecular weight excluding hydrogens is 418 g/mol. The molecule has 0 aliphatic carbocycles. The van der Waals surface area contributed by atoms with Crippen LogP contribution in [0.2, 0.25) is 5.02 Å². The van der Waals surface area contributed by atoms with E-state index in [2.05, 4.69) is 32.7 Å². The fraction of sp³-hybridized carbons (Fsp3) is 0.227. The van der Waals surface area contributed by atoms with Gasteiger partial charge >= 0.3 is 0 Å². The summed E-state index contributed by atoms with van der Waals surface area (Å²) >= 11 is 6.29. The van der Waals surface area contributed by atoms with Crippen LogP contribution in [0.5, 0.6) is 5.88 Å². The minimum absolute atomic E-state index is 0.0659. The van der Waals surface area contributed by atoms with E-state index >= 15 is 0 Å². The van der Waals surface area contributed by atoms with Gasteiger partial charge in [-0.1, -0.05) is 29.8 Å². The highest BCUT2D eigenvalue weighted by atomic mass is 35.5. The zero-order valence-electron chi connectivity index (χ0n) is 16.6. The largest absolute Gasteiger partial charge is 0.455 e. The van der Waals surface area contributed by atoms with Crippen LogP contribution in [0.15, 0.2) is 42.6 Å². The molecule has 0 saturated heterocycles. The Bertz CT molecular complexity index is 1170. The highest BCUT2D eigenvalue weighted by Crippen LogP contribution is 2.34. The third-order valence-corrected chi connectivity index (χ3v) is 5.72. The Kier molecular flexibility index (Phi) is 5.19. The van der Waals surface area contributed by atoms with E-state index in [4.69, 9.17) is 16.3 Å². The van der Waals surface area contributed by atoms with Crippen LogP contribution in [0.1, 0.15) is 27.0 Å². The SMILES string of the molecule is O=C1c2cnc(Nc3ccc4c(c3)CNCC4)nc2OCN1c1c(Cl)cccc1CO. The van der Waals surface area contributed by atoms with Crippen LogP contribution < -0.4 is 20.3 Å². The molecule has 31 heavy (non-hydrogen) atoms. The summed E-state index contributed by atoms with van der Waals surface area (Å²) in [6, 6.07) is 11.3. The summed E-state index contributed by atoms with van der Waals surface area (Å²) in [7, 11) is 0.